The first kappa shape index (κ1) is 22.3. The molecule has 11 heteroatoms. The lowest BCUT2D eigenvalue weighted by Crippen LogP contribution is -2.61. The van der Waals surface area contributed by atoms with E-state index in [1.165, 1.54) is 33.7 Å². The SMILES string of the molecule is O=C(c1cc(Cc2c[nH]c(=O)c3cc(Cl)c(Cl)n23)ccc1F)N1CC(CN2CC(F)(F)C2)C1. The number of carbonyl (C=O) groups is 1. The maximum Gasteiger partial charge on any atom is 0.272 e. The number of aromatic nitrogens is 2. The van der Waals surface area contributed by atoms with Crippen LogP contribution in [0.3, 0.4) is 0 Å². The van der Waals surface area contributed by atoms with E-state index in [9.17, 15) is 22.8 Å². The first-order chi connectivity index (χ1) is 15.6. The Kier molecular flexibility index (Phi) is 5.46. The average Bonchev–Trinajstić information content (AvgIpc) is 3.01. The highest BCUT2D eigenvalue weighted by molar-refractivity contribution is 6.42. The van der Waals surface area contributed by atoms with Gasteiger partial charge in [-0.3, -0.25) is 18.9 Å². The standard InChI is InChI=1S/C22H19Cl2F3N4O2/c23-16-5-18-20(32)28-6-14(31(18)19(16)24)3-12-1-2-17(25)15(4-12)21(33)30-8-13(9-30)7-29-10-22(26,27)11-29/h1-2,4-6,13H,3,7-11H2,(H,28,32). The van der Waals surface area contributed by atoms with E-state index in [1.807, 2.05) is 0 Å². The van der Waals surface area contributed by atoms with E-state index in [0.29, 0.717) is 30.9 Å². The van der Waals surface area contributed by atoms with Crippen LogP contribution in [0.2, 0.25) is 10.2 Å². The van der Waals surface area contributed by atoms with Crippen molar-refractivity contribution < 1.29 is 18.0 Å². The van der Waals surface area contributed by atoms with Crippen LogP contribution in [0, 0.1) is 11.7 Å². The first-order valence-electron chi connectivity index (χ1n) is 10.4. The van der Waals surface area contributed by atoms with Crippen molar-refractivity contribution in [1.82, 2.24) is 19.2 Å². The van der Waals surface area contributed by atoms with Gasteiger partial charge in [-0.05, 0) is 23.8 Å². The van der Waals surface area contributed by atoms with Crippen LogP contribution in [-0.4, -0.2) is 63.7 Å². The van der Waals surface area contributed by atoms with E-state index < -0.39 is 17.6 Å². The number of benzene rings is 1. The predicted molar refractivity (Wildman–Crippen MR) is 118 cm³/mol. The van der Waals surface area contributed by atoms with Gasteiger partial charge in [0.15, 0.2) is 0 Å². The van der Waals surface area contributed by atoms with E-state index in [0.717, 1.165) is 0 Å². The normalized spacial score (nSPS) is 18.4. The maximum atomic E-state index is 14.5. The summed E-state index contributed by atoms with van der Waals surface area (Å²) in [7, 11) is 0. The van der Waals surface area contributed by atoms with Crippen LogP contribution in [0.4, 0.5) is 13.2 Å². The summed E-state index contributed by atoms with van der Waals surface area (Å²) in [4.78, 5) is 30.7. The summed E-state index contributed by atoms with van der Waals surface area (Å²) in [5, 5.41) is 0.427. The summed E-state index contributed by atoms with van der Waals surface area (Å²) in [5.41, 5.74) is 1.14. The Labute approximate surface area is 196 Å². The van der Waals surface area contributed by atoms with E-state index in [4.69, 9.17) is 23.2 Å². The Hall–Kier alpha value is -2.49. The number of hydrogen-bond donors (Lipinski definition) is 1. The molecule has 1 N–H and O–H groups in total. The molecule has 3 aromatic rings. The minimum Gasteiger partial charge on any atom is -0.338 e. The summed E-state index contributed by atoms with van der Waals surface area (Å²) < 4.78 is 41.9. The van der Waals surface area contributed by atoms with Gasteiger partial charge in [0.25, 0.3) is 17.4 Å². The molecular weight excluding hydrogens is 480 g/mol. The predicted octanol–water partition coefficient (Wildman–Crippen LogP) is 3.69. The zero-order chi connectivity index (χ0) is 23.5. The fourth-order valence-corrected chi connectivity index (χ4v) is 4.94. The van der Waals surface area contributed by atoms with Crippen LogP contribution < -0.4 is 5.56 Å². The third-order valence-corrected chi connectivity index (χ3v) is 6.86. The molecule has 0 bridgehead atoms. The average molecular weight is 499 g/mol. The zero-order valence-corrected chi connectivity index (χ0v) is 18.8. The summed E-state index contributed by atoms with van der Waals surface area (Å²) in [6, 6.07) is 5.74. The lowest BCUT2D eigenvalue weighted by atomic mass is 9.95. The monoisotopic (exact) mass is 498 g/mol. The van der Waals surface area contributed by atoms with Gasteiger partial charge in [-0.25, -0.2) is 13.2 Å². The Bertz CT molecular complexity index is 1310. The second-order valence-electron chi connectivity index (χ2n) is 8.71. The lowest BCUT2D eigenvalue weighted by Gasteiger charge is -2.46. The molecule has 0 aliphatic carbocycles. The van der Waals surface area contributed by atoms with Crippen molar-refractivity contribution >= 4 is 34.6 Å². The summed E-state index contributed by atoms with van der Waals surface area (Å²) in [6.07, 6.45) is 1.77. The summed E-state index contributed by atoms with van der Waals surface area (Å²) in [6.45, 7) is 0.820. The highest BCUT2D eigenvalue weighted by Crippen LogP contribution is 2.30. The van der Waals surface area contributed by atoms with E-state index >= 15 is 0 Å². The van der Waals surface area contributed by atoms with Crippen molar-refractivity contribution in [2.75, 3.05) is 32.7 Å². The molecule has 1 aromatic carbocycles. The van der Waals surface area contributed by atoms with Gasteiger partial charge in [0, 0.05) is 43.9 Å². The van der Waals surface area contributed by atoms with Crippen LogP contribution in [0.15, 0.2) is 35.3 Å². The molecule has 2 aliphatic heterocycles. The number of likely N-dealkylation sites (tertiary alicyclic amines) is 2. The lowest BCUT2D eigenvalue weighted by molar-refractivity contribution is -0.138. The topological polar surface area (TPSA) is 60.8 Å². The highest BCUT2D eigenvalue weighted by Gasteiger charge is 2.45. The Morgan fingerprint density at radius 3 is 2.61 bits per heavy atom. The molecule has 2 saturated heterocycles. The summed E-state index contributed by atoms with van der Waals surface area (Å²) >= 11 is 12.3. The number of fused-ring (bicyclic) bond motifs is 1. The molecule has 174 valence electrons. The van der Waals surface area contributed by atoms with E-state index in [2.05, 4.69) is 4.98 Å². The molecule has 33 heavy (non-hydrogen) atoms. The van der Waals surface area contributed by atoms with Gasteiger partial charge in [-0.15, -0.1) is 0 Å². The van der Waals surface area contributed by atoms with Gasteiger partial charge in [-0.2, -0.15) is 0 Å². The van der Waals surface area contributed by atoms with Crippen molar-refractivity contribution in [3.8, 4) is 0 Å². The van der Waals surface area contributed by atoms with Crippen LogP contribution >= 0.6 is 23.2 Å². The molecule has 5 rings (SSSR count). The van der Waals surface area contributed by atoms with Crippen molar-refractivity contribution in [2.24, 2.45) is 5.92 Å². The van der Waals surface area contributed by atoms with Crippen molar-refractivity contribution in [2.45, 2.75) is 12.3 Å². The number of carbonyl (C=O) groups excluding carboxylic acids is 1. The number of hydrogen-bond acceptors (Lipinski definition) is 3. The van der Waals surface area contributed by atoms with E-state index in [-0.39, 0.29) is 52.2 Å². The van der Waals surface area contributed by atoms with Gasteiger partial charge in [0.1, 0.15) is 16.5 Å². The second-order valence-corrected chi connectivity index (χ2v) is 9.47. The molecular formula is C22H19Cl2F3N4O2. The Morgan fingerprint density at radius 2 is 1.91 bits per heavy atom. The molecule has 2 fully saturated rings. The number of nitrogens with zero attached hydrogens (tertiary/aromatic N) is 3. The largest absolute Gasteiger partial charge is 0.338 e. The molecule has 1 amide bonds. The van der Waals surface area contributed by atoms with Gasteiger partial charge in [0.2, 0.25) is 0 Å². The maximum absolute atomic E-state index is 14.5. The smallest absolute Gasteiger partial charge is 0.272 e. The Balaban J connectivity index is 1.30. The summed E-state index contributed by atoms with van der Waals surface area (Å²) in [5.74, 6) is -3.58. The molecule has 2 aromatic heterocycles. The minimum atomic E-state index is -2.61. The minimum absolute atomic E-state index is 0.0567. The van der Waals surface area contributed by atoms with Crippen LogP contribution in [-0.2, 0) is 6.42 Å². The van der Waals surface area contributed by atoms with Crippen molar-refractivity contribution in [1.29, 1.82) is 0 Å². The van der Waals surface area contributed by atoms with Crippen molar-refractivity contribution in [3.63, 3.8) is 0 Å². The first-order valence-corrected chi connectivity index (χ1v) is 11.1. The van der Waals surface area contributed by atoms with Gasteiger partial charge in [0.05, 0.1) is 23.7 Å². The number of aromatic amines is 1. The molecule has 6 nitrogen and oxygen atoms in total. The number of amides is 1. The van der Waals surface area contributed by atoms with Crippen LogP contribution in [0.5, 0.6) is 0 Å². The van der Waals surface area contributed by atoms with Gasteiger partial charge >= 0.3 is 0 Å². The molecule has 0 saturated carbocycles. The molecule has 0 spiro atoms. The number of alkyl halides is 2. The fraction of sp³-hybridized carbons (Fsp3) is 0.364. The quantitative estimate of drug-likeness (QED) is 0.583. The number of nitrogens with one attached hydrogen (secondary N) is 1. The second kappa shape index (κ2) is 8.07. The Morgan fingerprint density at radius 1 is 1.18 bits per heavy atom. The fourth-order valence-electron chi connectivity index (χ4n) is 4.50. The highest BCUT2D eigenvalue weighted by atomic mass is 35.5. The van der Waals surface area contributed by atoms with Crippen molar-refractivity contribution in [3.05, 3.63) is 73.6 Å². The number of H-pyrrole nitrogens is 1. The van der Waals surface area contributed by atoms with E-state index in [1.54, 1.807) is 11.0 Å². The molecule has 0 radical (unpaired) electrons. The molecule has 2 aliphatic rings. The number of rotatable bonds is 5. The van der Waals surface area contributed by atoms with Gasteiger partial charge < -0.3 is 9.88 Å². The third kappa shape index (κ3) is 4.13. The molecule has 0 unspecified atom stereocenters. The van der Waals surface area contributed by atoms with Gasteiger partial charge in [-0.1, -0.05) is 29.3 Å². The van der Waals surface area contributed by atoms with Crippen LogP contribution in [0.25, 0.3) is 5.52 Å². The third-order valence-electron chi connectivity index (χ3n) is 6.10. The van der Waals surface area contributed by atoms with Crippen LogP contribution in [0.1, 0.15) is 21.6 Å². The zero-order valence-electron chi connectivity index (χ0n) is 17.3. The number of halogens is 5. The molecule has 4 heterocycles. The molecule has 0 atom stereocenters.